The van der Waals surface area contributed by atoms with Crippen LogP contribution < -0.4 is 4.74 Å². The summed E-state index contributed by atoms with van der Waals surface area (Å²) in [6.07, 6.45) is 0.234. The molecule has 1 nitrogen and oxygen atoms in total. The fourth-order valence-electron chi connectivity index (χ4n) is 0.926. The molecule has 0 atom stereocenters. The number of ether oxygens (including phenoxy) is 1. The van der Waals surface area contributed by atoms with Gasteiger partial charge < -0.3 is 0 Å². The van der Waals surface area contributed by atoms with Gasteiger partial charge in [-0.15, -0.1) is 0 Å². The van der Waals surface area contributed by atoms with Crippen LogP contribution in [0.5, 0.6) is 5.75 Å². The Kier molecular flexibility index (Phi) is 3.61. The van der Waals surface area contributed by atoms with Gasteiger partial charge in [-0.25, -0.2) is 0 Å². The van der Waals surface area contributed by atoms with Crippen LogP contribution in [0.3, 0.4) is 0 Å². The predicted octanol–water partition coefficient (Wildman–Crippen LogP) is 2.17. The summed E-state index contributed by atoms with van der Waals surface area (Å²) in [4.78, 5) is 0. The van der Waals surface area contributed by atoms with Gasteiger partial charge in [0, 0.05) is 0 Å². The third-order valence-corrected chi connectivity index (χ3v) is 1.93. The molecule has 0 spiro atoms. The molecular formula is C10H12ORu. The third-order valence-electron chi connectivity index (χ3n) is 1.39. The monoisotopic (exact) mass is 250 g/mol. The molecular weight excluding hydrogens is 237 g/mol. The Morgan fingerprint density at radius 3 is 2.58 bits per heavy atom. The van der Waals surface area contributed by atoms with Crippen LogP contribution in [0, 0.1) is 0 Å². The SMILES string of the molecule is CC(C)Oc1ccccc1[CH]=[Ru]. The predicted molar refractivity (Wildman–Crippen MR) is 47.4 cm³/mol. The Morgan fingerprint density at radius 1 is 1.33 bits per heavy atom. The summed E-state index contributed by atoms with van der Waals surface area (Å²) in [5.74, 6) is 0.950. The van der Waals surface area contributed by atoms with Gasteiger partial charge in [-0.05, 0) is 0 Å². The fraction of sp³-hybridized carbons (Fsp3) is 0.300. The quantitative estimate of drug-likeness (QED) is 0.746. The van der Waals surface area contributed by atoms with Gasteiger partial charge in [-0.2, -0.15) is 0 Å². The van der Waals surface area contributed by atoms with E-state index < -0.39 is 0 Å². The zero-order valence-electron chi connectivity index (χ0n) is 7.23. The summed E-state index contributed by atoms with van der Waals surface area (Å²) < 4.78 is 7.58. The summed E-state index contributed by atoms with van der Waals surface area (Å²) in [6, 6.07) is 8.01. The Labute approximate surface area is 82.9 Å². The minimum absolute atomic E-state index is 0.234. The molecule has 12 heavy (non-hydrogen) atoms. The zero-order valence-corrected chi connectivity index (χ0v) is 8.96. The molecule has 2 heteroatoms. The van der Waals surface area contributed by atoms with Crippen LogP contribution in [0.4, 0.5) is 0 Å². The first-order valence-electron chi connectivity index (χ1n) is 3.91. The van der Waals surface area contributed by atoms with Crippen molar-refractivity contribution in [2.45, 2.75) is 20.0 Å². The Hall–Kier alpha value is -0.487. The van der Waals surface area contributed by atoms with Crippen LogP contribution in [0.15, 0.2) is 24.3 Å². The van der Waals surface area contributed by atoms with Crippen LogP contribution in [-0.2, 0) is 17.9 Å². The fourth-order valence-corrected chi connectivity index (χ4v) is 1.34. The Morgan fingerprint density at radius 2 is 2.00 bits per heavy atom. The van der Waals surface area contributed by atoms with Crippen LogP contribution in [0.25, 0.3) is 0 Å². The first kappa shape index (κ1) is 9.60. The molecule has 1 rings (SSSR count). The Bertz CT molecular complexity index is 268. The van der Waals surface area contributed by atoms with Gasteiger partial charge >= 0.3 is 82.7 Å². The number of benzene rings is 1. The van der Waals surface area contributed by atoms with Crippen LogP contribution >= 0.6 is 0 Å². The third kappa shape index (κ3) is 2.53. The average molecular weight is 249 g/mol. The number of para-hydroxylation sites is 1. The van der Waals surface area contributed by atoms with E-state index in [9.17, 15) is 0 Å². The molecule has 0 aromatic heterocycles. The van der Waals surface area contributed by atoms with E-state index in [0.29, 0.717) is 0 Å². The molecule has 0 radical (unpaired) electrons. The van der Waals surface area contributed by atoms with E-state index in [-0.39, 0.29) is 6.10 Å². The molecule has 0 aliphatic rings. The molecule has 66 valence electrons. The second-order valence-corrected chi connectivity index (χ2v) is 3.31. The molecule has 0 aliphatic carbocycles. The molecule has 0 aliphatic heterocycles. The van der Waals surface area contributed by atoms with Crippen molar-refractivity contribution in [1.82, 2.24) is 0 Å². The van der Waals surface area contributed by atoms with Crippen LogP contribution in [0.1, 0.15) is 19.4 Å². The molecule has 0 heterocycles. The number of hydrogen-bond donors (Lipinski definition) is 0. The first-order chi connectivity index (χ1) is 5.74. The van der Waals surface area contributed by atoms with E-state index in [0.717, 1.165) is 11.3 Å². The van der Waals surface area contributed by atoms with Crippen molar-refractivity contribution in [3.05, 3.63) is 29.8 Å². The van der Waals surface area contributed by atoms with E-state index in [1.54, 1.807) is 0 Å². The summed E-state index contributed by atoms with van der Waals surface area (Å²) in [5, 5.41) is 0. The molecule has 0 bridgehead atoms. The maximum absolute atomic E-state index is 5.59. The molecule has 0 unspecified atom stereocenters. The van der Waals surface area contributed by atoms with Crippen molar-refractivity contribution < 1.29 is 22.6 Å². The van der Waals surface area contributed by atoms with Gasteiger partial charge in [0.2, 0.25) is 0 Å². The van der Waals surface area contributed by atoms with Gasteiger partial charge in [0.1, 0.15) is 0 Å². The van der Waals surface area contributed by atoms with E-state index in [1.807, 2.05) is 42.7 Å². The second kappa shape index (κ2) is 4.52. The molecule has 0 saturated heterocycles. The second-order valence-electron chi connectivity index (χ2n) is 2.81. The van der Waals surface area contributed by atoms with Gasteiger partial charge in [0.05, 0.1) is 0 Å². The number of rotatable bonds is 3. The van der Waals surface area contributed by atoms with Crippen molar-refractivity contribution in [1.29, 1.82) is 0 Å². The standard InChI is InChI=1S/C10H12O.Ru/c1-8(2)11-10-7-5-4-6-9(10)3;/h3-8H,1-2H3;. The van der Waals surface area contributed by atoms with Gasteiger partial charge in [0.15, 0.2) is 0 Å². The summed E-state index contributed by atoms with van der Waals surface area (Å²) >= 11 is 2.49. The average Bonchev–Trinajstić information content (AvgIpc) is 2.04. The molecule has 1 aromatic rings. The van der Waals surface area contributed by atoms with E-state index >= 15 is 0 Å². The van der Waals surface area contributed by atoms with Crippen LogP contribution in [0.2, 0.25) is 0 Å². The molecule has 0 fully saturated rings. The first-order valence-corrected chi connectivity index (χ1v) is 4.92. The van der Waals surface area contributed by atoms with Crippen molar-refractivity contribution in [2.24, 2.45) is 0 Å². The maximum atomic E-state index is 5.59. The van der Waals surface area contributed by atoms with Crippen molar-refractivity contribution in [3.8, 4) is 5.75 Å². The molecule has 0 N–H and O–H groups in total. The van der Waals surface area contributed by atoms with Crippen molar-refractivity contribution >= 4 is 4.61 Å². The summed E-state index contributed by atoms with van der Waals surface area (Å²) in [5.41, 5.74) is 1.13. The Balaban J connectivity index is 2.89. The topological polar surface area (TPSA) is 9.23 Å². The number of hydrogen-bond acceptors (Lipinski definition) is 1. The van der Waals surface area contributed by atoms with Crippen molar-refractivity contribution in [2.75, 3.05) is 0 Å². The summed E-state index contributed by atoms with van der Waals surface area (Å²) in [6.45, 7) is 4.06. The molecule has 1 aromatic carbocycles. The zero-order chi connectivity index (χ0) is 8.97. The van der Waals surface area contributed by atoms with Gasteiger partial charge in [-0.1, -0.05) is 0 Å². The summed E-state index contributed by atoms with van der Waals surface area (Å²) in [7, 11) is 0. The van der Waals surface area contributed by atoms with E-state index in [4.69, 9.17) is 4.74 Å². The van der Waals surface area contributed by atoms with E-state index in [2.05, 4.69) is 17.9 Å². The van der Waals surface area contributed by atoms with Gasteiger partial charge in [0.25, 0.3) is 0 Å². The van der Waals surface area contributed by atoms with Crippen LogP contribution in [-0.4, -0.2) is 10.7 Å². The minimum atomic E-state index is 0.234. The normalized spacial score (nSPS) is 10.0. The molecule has 0 saturated carbocycles. The molecule has 0 amide bonds. The van der Waals surface area contributed by atoms with E-state index in [1.165, 1.54) is 0 Å². The van der Waals surface area contributed by atoms with Gasteiger partial charge in [-0.3, -0.25) is 0 Å². The van der Waals surface area contributed by atoms with Crippen molar-refractivity contribution in [3.63, 3.8) is 0 Å².